The molecule has 3 atom stereocenters. The van der Waals surface area contributed by atoms with Crippen LogP contribution in [0.25, 0.3) is 0 Å². The Morgan fingerprint density at radius 1 is 1.47 bits per heavy atom. The number of carbonyl (C=O) groups excluding carboxylic acids is 2. The molecule has 1 heterocycles. The van der Waals surface area contributed by atoms with E-state index in [4.69, 9.17) is 0 Å². The van der Waals surface area contributed by atoms with E-state index in [1.165, 1.54) is 6.92 Å². The molecule has 1 aliphatic carbocycles. The molecule has 0 aromatic carbocycles. The zero-order valence-electron chi connectivity index (χ0n) is 8.99. The van der Waals surface area contributed by atoms with Gasteiger partial charge in [0.1, 0.15) is 5.78 Å². The molecule has 0 radical (unpaired) electrons. The molecule has 0 aromatic rings. The number of amides is 1. The van der Waals surface area contributed by atoms with Crippen LogP contribution in [-0.2, 0) is 9.59 Å². The van der Waals surface area contributed by atoms with Gasteiger partial charge in [0.05, 0.1) is 5.92 Å². The standard InChI is InChI=1S/C11H17NO2S/c1-7(13)12-8-6-15-10-5-3-2-4-9(14)11(8)10/h8,10-11H,2-6H2,1H3,(H,12,13). The average molecular weight is 227 g/mol. The zero-order valence-corrected chi connectivity index (χ0v) is 9.81. The Kier molecular flexibility index (Phi) is 3.34. The highest BCUT2D eigenvalue weighted by atomic mass is 32.2. The second-order valence-electron chi connectivity index (χ2n) is 4.42. The van der Waals surface area contributed by atoms with Crippen molar-refractivity contribution in [1.29, 1.82) is 0 Å². The minimum Gasteiger partial charge on any atom is -0.352 e. The third-order valence-electron chi connectivity index (χ3n) is 3.25. The van der Waals surface area contributed by atoms with Crippen LogP contribution in [0, 0.1) is 5.92 Å². The van der Waals surface area contributed by atoms with Gasteiger partial charge in [-0.3, -0.25) is 9.59 Å². The quantitative estimate of drug-likeness (QED) is 0.736. The van der Waals surface area contributed by atoms with Crippen LogP contribution in [0.5, 0.6) is 0 Å². The summed E-state index contributed by atoms with van der Waals surface area (Å²) in [6.45, 7) is 1.53. The molecule has 2 fully saturated rings. The molecule has 0 aromatic heterocycles. The molecule has 4 heteroatoms. The number of carbonyl (C=O) groups is 2. The van der Waals surface area contributed by atoms with Crippen LogP contribution in [0.3, 0.4) is 0 Å². The lowest BCUT2D eigenvalue weighted by Gasteiger charge is -2.20. The summed E-state index contributed by atoms with van der Waals surface area (Å²) < 4.78 is 0. The molecule has 0 spiro atoms. The van der Waals surface area contributed by atoms with Gasteiger partial charge in [0, 0.05) is 30.4 Å². The van der Waals surface area contributed by atoms with Gasteiger partial charge in [0.2, 0.25) is 5.91 Å². The van der Waals surface area contributed by atoms with Crippen molar-refractivity contribution in [3.05, 3.63) is 0 Å². The first kappa shape index (κ1) is 11.0. The van der Waals surface area contributed by atoms with Crippen LogP contribution in [0.4, 0.5) is 0 Å². The number of hydrogen-bond acceptors (Lipinski definition) is 3. The lowest BCUT2D eigenvalue weighted by atomic mass is 9.91. The first-order valence-corrected chi connectivity index (χ1v) is 6.65. The normalized spacial score (nSPS) is 35.8. The Balaban J connectivity index is 2.08. The van der Waals surface area contributed by atoms with Crippen molar-refractivity contribution in [2.75, 3.05) is 5.75 Å². The highest BCUT2D eigenvalue weighted by Gasteiger charge is 2.42. The molecule has 1 aliphatic heterocycles. The maximum Gasteiger partial charge on any atom is 0.217 e. The van der Waals surface area contributed by atoms with E-state index in [1.54, 1.807) is 0 Å². The summed E-state index contributed by atoms with van der Waals surface area (Å²) in [4.78, 5) is 23.0. The number of hydrogen-bond donors (Lipinski definition) is 1. The van der Waals surface area contributed by atoms with Gasteiger partial charge in [-0.2, -0.15) is 11.8 Å². The van der Waals surface area contributed by atoms with Crippen molar-refractivity contribution in [3.63, 3.8) is 0 Å². The number of thioether (sulfide) groups is 1. The summed E-state index contributed by atoms with van der Waals surface area (Å²) in [5.41, 5.74) is 0. The van der Waals surface area contributed by atoms with Crippen LogP contribution >= 0.6 is 11.8 Å². The van der Waals surface area contributed by atoms with Gasteiger partial charge in [-0.05, 0) is 12.8 Å². The Morgan fingerprint density at radius 3 is 3.00 bits per heavy atom. The molecular formula is C11H17NO2S. The molecule has 0 bridgehead atoms. The van der Waals surface area contributed by atoms with Crippen molar-refractivity contribution in [2.24, 2.45) is 5.92 Å². The summed E-state index contributed by atoms with van der Waals surface area (Å²) in [6.07, 6.45) is 4.03. The monoisotopic (exact) mass is 227 g/mol. The van der Waals surface area contributed by atoms with Crippen molar-refractivity contribution < 1.29 is 9.59 Å². The molecule has 1 saturated carbocycles. The molecule has 1 saturated heterocycles. The third-order valence-corrected chi connectivity index (χ3v) is 4.75. The summed E-state index contributed by atoms with van der Waals surface area (Å²) in [5.74, 6) is 1.33. The van der Waals surface area contributed by atoms with Crippen LogP contribution in [-0.4, -0.2) is 28.7 Å². The van der Waals surface area contributed by atoms with Gasteiger partial charge < -0.3 is 5.32 Å². The maximum absolute atomic E-state index is 11.9. The minimum absolute atomic E-state index is 0.0155. The van der Waals surface area contributed by atoms with Gasteiger partial charge in [-0.25, -0.2) is 0 Å². The van der Waals surface area contributed by atoms with Gasteiger partial charge in [0.15, 0.2) is 0 Å². The smallest absolute Gasteiger partial charge is 0.217 e. The van der Waals surface area contributed by atoms with Crippen molar-refractivity contribution in [2.45, 2.75) is 43.9 Å². The Labute approximate surface area is 94.4 Å². The predicted molar refractivity (Wildman–Crippen MR) is 60.8 cm³/mol. The van der Waals surface area contributed by atoms with E-state index in [0.717, 1.165) is 25.0 Å². The maximum atomic E-state index is 11.9. The SMILES string of the molecule is CC(=O)NC1CSC2CCCCC(=O)C12. The Hall–Kier alpha value is -0.510. The number of rotatable bonds is 1. The van der Waals surface area contributed by atoms with Crippen molar-refractivity contribution >= 4 is 23.5 Å². The molecule has 1 amide bonds. The average Bonchev–Trinajstić information content (AvgIpc) is 2.45. The molecule has 3 nitrogen and oxygen atoms in total. The van der Waals surface area contributed by atoms with E-state index in [-0.39, 0.29) is 17.9 Å². The molecular weight excluding hydrogens is 210 g/mol. The molecule has 2 rings (SSSR count). The number of ketones is 1. The van der Waals surface area contributed by atoms with E-state index in [2.05, 4.69) is 5.32 Å². The van der Waals surface area contributed by atoms with E-state index < -0.39 is 0 Å². The van der Waals surface area contributed by atoms with Crippen LogP contribution in [0.15, 0.2) is 0 Å². The lowest BCUT2D eigenvalue weighted by Crippen LogP contribution is -2.43. The first-order valence-electron chi connectivity index (χ1n) is 5.60. The van der Waals surface area contributed by atoms with E-state index in [0.29, 0.717) is 17.5 Å². The summed E-state index contributed by atoms with van der Waals surface area (Å²) in [6, 6.07) is 0.0862. The molecule has 3 unspecified atom stereocenters. The second-order valence-corrected chi connectivity index (χ2v) is 5.69. The fourth-order valence-electron chi connectivity index (χ4n) is 2.59. The van der Waals surface area contributed by atoms with Crippen LogP contribution in [0.1, 0.15) is 32.6 Å². The fraction of sp³-hybridized carbons (Fsp3) is 0.818. The van der Waals surface area contributed by atoms with Gasteiger partial charge in [0.25, 0.3) is 0 Å². The van der Waals surface area contributed by atoms with Crippen LogP contribution in [0.2, 0.25) is 0 Å². The molecule has 2 aliphatic rings. The van der Waals surface area contributed by atoms with Gasteiger partial charge >= 0.3 is 0 Å². The van der Waals surface area contributed by atoms with Crippen molar-refractivity contribution in [1.82, 2.24) is 5.32 Å². The van der Waals surface area contributed by atoms with Gasteiger partial charge in [-0.15, -0.1) is 0 Å². The second kappa shape index (κ2) is 4.56. The summed E-state index contributed by atoms with van der Waals surface area (Å²) >= 11 is 1.86. The summed E-state index contributed by atoms with van der Waals surface area (Å²) in [7, 11) is 0. The largest absolute Gasteiger partial charge is 0.352 e. The zero-order chi connectivity index (χ0) is 10.8. The number of nitrogens with one attached hydrogen (secondary N) is 1. The molecule has 15 heavy (non-hydrogen) atoms. The topological polar surface area (TPSA) is 46.2 Å². The van der Waals surface area contributed by atoms with E-state index in [1.807, 2.05) is 11.8 Å². The highest BCUT2D eigenvalue weighted by molar-refractivity contribution is 8.00. The Bertz CT molecular complexity index is 280. The predicted octanol–water partition coefficient (Wildman–Crippen LogP) is 1.37. The lowest BCUT2D eigenvalue weighted by molar-refractivity contribution is -0.124. The number of fused-ring (bicyclic) bond motifs is 1. The van der Waals surface area contributed by atoms with Crippen LogP contribution < -0.4 is 5.32 Å². The number of Topliss-reactive ketones (excluding diaryl/α,β-unsaturated/α-hetero) is 1. The third kappa shape index (κ3) is 2.36. The highest BCUT2D eigenvalue weighted by Crippen LogP contribution is 2.39. The van der Waals surface area contributed by atoms with E-state index in [9.17, 15) is 9.59 Å². The molecule has 1 N–H and O–H groups in total. The van der Waals surface area contributed by atoms with Crippen molar-refractivity contribution in [3.8, 4) is 0 Å². The first-order chi connectivity index (χ1) is 7.18. The Morgan fingerprint density at radius 2 is 2.27 bits per heavy atom. The minimum atomic E-state index is -0.0155. The van der Waals surface area contributed by atoms with E-state index >= 15 is 0 Å². The van der Waals surface area contributed by atoms with Gasteiger partial charge in [-0.1, -0.05) is 6.42 Å². The fourth-order valence-corrected chi connectivity index (χ4v) is 4.22. The molecule has 84 valence electrons. The summed E-state index contributed by atoms with van der Waals surface area (Å²) in [5, 5.41) is 3.37.